The average molecular weight is 226 g/mol. The Morgan fingerprint density at radius 2 is 1.94 bits per heavy atom. The minimum atomic E-state index is -0.129. The van der Waals surface area contributed by atoms with E-state index in [2.05, 4.69) is 4.90 Å². The van der Waals surface area contributed by atoms with Gasteiger partial charge in [-0.1, -0.05) is 6.42 Å². The molecule has 2 aliphatic rings. The molecule has 1 aliphatic carbocycles. The van der Waals surface area contributed by atoms with Gasteiger partial charge in [0.2, 0.25) is 0 Å². The summed E-state index contributed by atoms with van der Waals surface area (Å²) in [4.78, 5) is 2.63. The van der Waals surface area contributed by atoms with Crippen LogP contribution < -0.4 is 5.73 Å². The Labute approximate surface area is 99.0 Å². The van der Waals surface area contributed by atoms with Crippen molar-refractivity contribution in [2.24, 2.45) is 17.6 Å². The van der Waals surface area contributed by atoms with Crippen molar-refractivity contribution < 1.29 is 5.11 Å². The smallest absolute Gasteiger partial charge is 0.0541 e. The van der Waals surface area contributed by atoms with Gasteiger partial charge >= 0.3 is 0 Å². The quantitative estimate of drug-likeness (QED) is 0.760. The van der Waals surface area contributed by atoms with Crippen molar-refractivity contribution in [3.05, 3.63) is 0 Å². The van der Waals surface area contributed by atoms with E-state index in [4.69, 9.17) is 5.73 Å². The van der Waals surface area contributed by atoms with Crippen molar-refractivity contribution in [1.82, 2.24) is 4.90 Å². The molecule has 3 heteroatoms. The highest BCUT2D eigenvalue weighted by molar-refractivity contribution is 4.88. The van der Waals surface area contributed by atoms with Crippen LogP contribution in [0.5, 0.6) is 0 Å². The molecular weight excluding hydrogens is 200 g/mol. The maximum atomic E-state index is 9.59. The molecule has 0 aromatic carbocycles. The monoisotopic (exact) mass is 226 g/mol. The number of nitrogens with zero attached hydrogens (tertiary/aromatic N) is 1. The molecule has 2 fully saturated rings. The molecule has 0 aromatic rings. The van der Waals surface area contributed by atoms with Crippen LogP contribution in [0.1, 0.15) is 39.0 Å². The Kier molecular flexibility index (Phi) is 4.22. The van der Waals surface area contributed by atoms with Crippen LogP contribution >= 0.6 is 0 Å². The van der Waals surface area contributed by atoms with Gasteiger partial charge in [0, 0.05) is 6.04 Å². The molecule has 3 atom stereocenters. The van der Waals surface area contributed by atoms with E-state index in [1.54, 1.807) is 0 Å². The summed E-state index contributed by atoms with van der Waals surface area (Å²) >= 11 is 0. The highest BCUT2D eigenvalue weighted by atomic mass is 16.3. The third-order valence-corrected chi connectivity index (χ3v) is 4.65. The number of piperidine rings is 1. The van der Waals surface area contributed by atoms with E-state index in [0.717, 1.165) is 44.4 Å². The molecule has 0 spiro atoms. The Hall–Kier alpha value is -0.120. The van der Waals surface area contributed by atoms with Crippen molar-refractivity contribution in [3.63, 3.8) is 0 Å². The maximum absolute atomic E-state index is 9.59. The number of aliphatic hydroxyl groups is 1. The van der Waals surface area contributed by atoms with Crippen LogP contribution in [0.25, 0.3) is 0 Å². The van der Waals surface area contributed by atoms with Crippen LogP contribution in [0.2, 0.25) is 0 Å². The predicted molar refractivity (Wildman–Crippen MR) is 66.2 cm³/mol. The summed E-state index contributed by atoms with van der Waals surface area (Å²) in [6.07, 6.45) is 6.19. The number of likely N-dealkylation sites (tertiary alicyclic amines) is 1. The molecular formula is C13H26N2O. The van der Waals surface area contributed by atoms with E-state index in [-0.39, 0.29) is 6.10 Å². The van der Waals surface area contributed by atoms with Crippen molar-refractivity contribution in [3.8, 4) is 0 Å². The average Bonchev–Trinajstić information content (AvgIpc) is 2.77. The van der Waals surface area contributed by atoms with Crippen molar-refractivity contribution in [2.75, 3.05) is 19.6 Å². The van der Waals surface area contributed by atoms with E-state index in [0.29, 0.717) is 5.92 Å². The SMILES string of the molecule is CC(O)C1CCN(C2CCCC2CN)CC1. The van der Waals surface area contributed by atoms with Gasteiger partial charge in [-0.15, -0.1) is 0 Å². The summed E-state index contributed by atoms with van der Waals surface area (Å²) in [6, 6.07) is 0.736. The molecule has 1 aliphatic heterocycles. The Morgan fingerprint density at radius 1 is 1.25 bits per heavy atom. The minimum absolute atomic E-state index is 0.129. The standard InChI is InChI=1S/C13H26N2O/c1-10(16)11-5-7-15(8-6-11)13-4-2-3-12(13)9-14/h10-13,16H,2-9,14H2,1H3. The second-order valence-electron chi connectivity index (χ2n) is 5.61. The van der Waals surface area contributed by atoms with Crippen LogP contribution in [-0.4, -0.2) is 41.8 Å². The lowest BCUT2D eigenvalue weighted by molar-refractivity contribution is 0.0483. The summed E-state index contributed by atoms with van der Waals surface area (Å²) < 4.78 is 0. The summed E-state index contributed by atoms with van der Waals surface area (Å²) in [5.41, 5.74) is 5.84. The molecule has 94 valence electrons. The Balaban J connectivity index is 1.84. The number of rotatable bonds is 3. The molecule has 3 N–H and O–H groups in total. The van der Waals surface area contributed by atoms with Gasteiger partial charge in [0.25, 0.3) is 0 Å². The van der Waals surface area contributed by atoms with Gasteiger partial charge in [0.15, 0.2) is 0 Å². The summed E-state index contributed by atoms with van der Waals surface area (Å²) in [5, 5.41) is 9.59. The first kappa shape index (κ1) is 12.3. The fraction of sp³-hybridized carbons (Fsp3) is 1.00. The summed E-state index contributed by atoms with van der Waals surface area (Å²) in [6.45, 7) is 5.10. The lowest BCUT2D eigenvalue weighted by atomic mass is 9.90. The Bertz CT molecular complexity index is 212. The first-order valence-corrected chi connectivity index (χ1v) is 6.84. The minimum Gasteiger partial charge on any atom is -0.393 e. The zero-order valence-corrected chi connectivity index (χ0v) is 10.4. The first-order chi connectivity index (χ1) is 7.72. The molecule has 1 saturated heterocycles. The zero-order chi connectivity index (χ0) is 11.5. The van der Waals surface area contributed by atoms with E-state index >= 15 is 0 Å². The number of hydrogen-bond acceptors (Lipinski definition) is 3. The van der Waals surface area contributed by atoms with Crippen LogP contribution in [0, 0.1) is 11.8 Å². The molecule has 1 heterocycles. The largest absolute Gasteiger partial charge is 0.393 e. The summed E-state index contributed by atoms with van der Waals surface area (Å²) in [7, 11) is 0. The topological polar surface area (TPSA) is 49.5 Å². The van der Waals surface area contributed by atoms with Crippen molar-refractivity contribution in [1.29, 1.82) is 0 Å². The lowest BCUT2D eigenvalue weighted by Gasteiger charge is -2.39. The molecule has 1 saturated carbocycles. The second-order valence-corrected chi connectivity index (χ2v) is 5.61. The number of aliphatic hydroxyl groups excluding tert-OH is 1. The van der Waals surface area contributed by atoms with E-state index < -0.39 is 0 Å². The normalized spacial score (nSPS) is 35.4. The molecule has 3 nitrogen and oxygen atoms in total. The molecule has 0 amide bonds. The third-order valence-electron chi connectivity index (χ3n) is 4.65. The fourth-order valence-corrected chi connectivity index (χ4v) is 3.51. The van der Waals surface area contributed by atoms with Gasteiger partial charge in [0.05, 0.1) is 6.10 Å². The third kappa shape index (κ3) is 2.58. The fourth-order valence-electron chi connectivity index (χ4n) is 3.51. The number of nitrogens with two attached hydrogens (primary N) is 1. The van der Waals surface area contributed by atoms with Gasteiger partial charge < -0.3 is 15.7 Å². The summed E-state index contributed by atoms with van der Waals surface area (Å²) in [5.74, 6) is 1.25. The molecule has 16 heavy (non-hydrogen) atoms. The lowest BCUT2D eigenvalue weighted by Crippen LogP contribution is -2.46. The zero-order valence-electron chi connectivity index (χ0n) is 10.4. The van der Waals surface area contributed by atoms with Gasteiger partial charge in [-0.25, -0.2) is 0 Å². The molecule has 0 bridgehead atoms. The second kappa shape index (κ2) is 5.48. The molecule has 0 aromatic heterocycles. The van der Waals surface area contributed by atoms with E-state index in [9.17, 15) is 5.11 Å². The highest BCUT2D eigenvalue weighted by Crippen LogP contribution is 2.32. The number of hydrogen-bond donors (Lipinski definition) is 2. The van der Waals surface area contributed by atoms with Crippen LogP contribution in [0.15, 0.2) is 0 Å². The van der Waals surface area contributed by atoms with Crippen LogP contribution in [0.4, 0.5) is 0 Å². The first-order valence-electron chi connectivity index (χ1n) is 6.84. The predicted octanol–water partition coefficient (Wildman–Crippen LogP) is 1.21. The Morgan fingerprint density at radius 3 is 2.50 bits per heavy atom. The van der Waals surface area contributed by atoms with Gasteiger partial charge in [-0.2, -0.15) is 0 Å². The van der Waals surface area contributed by atoms with Gasteiger partial charge in [-0.05, 0) is 64.1 Å². The molecule has 2 rings (SSSR count). The van der Waals surface area contributed by atoms with Crippen molar-refractivity contribution >= 4 is 0 Å². The van der Waals surface area contributed by atoms with E-state index in [1.165, 1.54) is 19.3 Å². The van der Waals surface area contributed by atoms with Crippen LogP contribution in [-0.2, 0) is 0 Å². The van der Waals surface area contributed by atoms with Gasteiger partial charge in [-0.3, -0.25) is 0 Å². The van der Waals surface area contributed by atoms with Gasteiger partial charge in [0.1, 0.15) is 0 Å². The van der Waals surface area contributed by atoms with Crippen molar-refractivity contribution in [2.45, 2.75) is 51.2 Å². The van der Waals surface area contributed by atoms with E-state index in [1.807, 2.05) is 6.92 Å². The highest BCUT2D eigenvalue weighted by Gasteiger charge is 2.33. The maximum Gasteiger partial charge on any atom is 0.0541 e. The molecule has 3 unspecified atom stereocenters. The molecule has 0 radical (unpaired) electrons. The van der Waals surface area contributed by atoms with Crippen LogP contribution in [0.3, 0.4) is 0 Å².